The van der Waals surface area contributed by atoms with Crippen LogP contribution in [0, 0.1) is 5.41 Å². The number of amides is 4. The Morgan fingerprint density at radius 3 is 2.32 bits per heavy atom. The maximum Gasteiger partial charge on any atom is 0.251 e. The summed E-state index contributed by atoms with van der Waals surface area (Å²) < 4.78 is 11.0. The number of anilines is 2. The molecule has 0 aromatic heterocycles. The number of carbonyl (C=O) groups excluding carboxylic acids is 6. The molecule has 0 bridgehead atoms. The fourth-order valence-corrected chi connectivity index (χ4v) is 4.34. The summed E-state index contributed by atoms with van der Waals surface area (Å²) in [5.41, 5.74) is 6.35. The van der Waals surface area contributed by atoms with Crippen LogP contribution in [-0.4, -0.2) is 85.2 Å². The van der Waals surface area contributed by atoms with Crippen molar-refractivity contribution in [2.45, 2.75) is 39.2 Å². The first-order valence-corrected chi connectivity index (χ1v) is 15.7. The van der Waals surface area contributed by atoms with Gasteiger partial charge in [-0.05, 0) is 55.8 Å². The first-order chi connectivity index (χ1) is 22.4. The van der Waals surface area contributed by atoms with Crippen LogP contribution in [0.5, 0.6) is 5.75 Å². The third kappa shape index (κ3) is 16.8. The van der Waals surface area contributed by atoms with E-state index >= 15 is 0 Å². The first-order valence-electron chi connectivity index (χ1n) is 14.7. The predicted molar refractivity (Wildman–Crippen MR) is 178 cm³/mol. The van der Waals surface area contributed by atoms with Gasteiger partial charge in [0, 0.05) is 49.0 Å². The number of Topliss-reactive ketones (excluding diaryl/α,β-unsaturated/α-hetero) is 1. The van der Waals surface area contributed by atoms with Crippen molar-refractivity contribution in [3.8, 4) is 5.75 Å². The predicted octanol–water partition coefficient (Wildman–Crippen LogP) is 1.40. The number of ether oxygens (including phenoxy) is 2. The van der Waals surface area contributed by atoms with Gasteiger partial charge in [-0.25, -0.2) is 0 Å². The van der Waals surface area contributed by atoms with E-state index in [2.05, 4.69) is 26.6 Å². The van der Waals surface area contributed by atoms with E-state index in [1.165, 1.54) is 37.7 Å². The Morgan fingerprint density at radius 1 is 0.894 bits per heavy atom. The zero-order chi connectivity index (χ0) is 34.6. The molecule has 0 radical (unpaired) electrons. The lowest BCUT2D eigenvalue weighted by Gasteiger charge is -2.18. The molecular formula is C31H41N7O8S. The summed E-state index contributed by atoms with van der Waals surface area (Å²) in [6.07, 6.45) is 0.537. The van der Waals surface area contributed by atoms with Gasteiger partial charge in [0.1, 0.15) is 17.6 Å². The summed E-state index contributed by atoms with van der Waals surface area (Å²) in [4.78, 5) is 72.4. The van der Waals surface area contributed by atoms with E-state index in [0.29, 0.717) is 49.1 Å². The number of ketones is 1. The van der Waals surface area contributed by atoms with Gasteiger partial charge in [-0.15, -0.1) is 0 Å². The summed E-state index contributed by atoms with van der Waals surface area (Å²) >= 11 is 1.18. The van der Waals surface area contributed by atoms with Crippen LogP contribution in [0.15, 0.2) is 48.5 Å². The highest BCUT2D eigenvalue weighted by Gasteiger charge is 2.23. The first kappa shape index (κ1) is 38.2. The highest BCUT2D eigenvalue weighted by molar-refractivity contribution is 8.13. The minimum absolute atomic E-state index is 0.0286. The molecule has 0 aliphatic carbocycles. The normalized spacial score (nSPS) is 11.0. The molecule has 2 rings (SSSR count). The third-order valence-corrected chi connectivity index (χ3v) is 6.77. The van der Waals surface area contributed by atoms with Crippen molar-refractivity contribution in [1.82, 2.24) is 16.0 Å². The minimum Gasteiger partial charge on any atom is -0.494 e. The van der Waals surface area contributed by atoms with Gasteiger partial charge < -0.3 is 41.8 Å². The molecule has 4 amide bonds. The largest absolute Gasteiger partial charge is 0.494 e. The molecule has 15 nitrogen and oxygen atoms in total. The molecule has 0 heterocycles. The molecule has 16 heteroatoms. The fraction of sp³-hybridized carbons (Fsp3) is 0.387. The maximum atomic E-state index is 12.9. The van der Waals surface area contributed by atoms with E-state index < -0.39 is 30.3 Å². The molecular weight excluding hydrogens is 630 g/mol. The summed E-state index contributed by atoms with van der Waals surface area (Å²) in [7, 11) is 0. The molecule has 254 valence electrons. The number of hydrogen-bond donors (Lipinski definition) is 7. The summed E-state index contributed by atoms with van der Waals surface area (Å²) in [6, 6.07) is 11.5. The topological polar surface area (TPSA) is 231 Å². The number of carbonyl (C=O) groups is 6. The van der Waals surface area contributed by atoms with Crippen molar-refractivity contribution >= 4 is 63.6 Å². The van der Waals surface area contributed by atoms with Crippen LogP contribution in [0.25, 0.3) is 0 Å². The second-order valence-corrected chi connectivity index (χ2v) is 11.4. The average molecular weight is 672 g/mol. The molecule has 0 aliphatic rings. The zero-order valence-electron chi connectivity index (χ0n) is 26.3. The van der Waals surface area contributed by atoms with Crippen molar-refractivity contribution in [2.75, 3.05) is 49.3 Å². The highest BCUT2D eigenvalue weighted by atomic mass is 32.2. The second kappa shape index (κ2) is 21.0. The molecule has 8 N–H and O–H groups in total. The Kier molecular flexibility index (Phi) is 17.0. The number of rotatable bonds is 20. The Labute approximate surface area is 277 Å². The highest BCUT2D eigenvalue weighted by Crippen LogP contribution is 2.16. The lowest BCUT2D eigenvalue weighted by molar-refractivity contribution is -0.128. The lowest BCUT2D eigenvalue weighted by Crippen LogP contribution is -2.48. The molecule has 0 spiro atoms. The van der Waals surface area contributed by atoms with E-state index in [9.17, 15) is 28.8 Å². The number of hydrogen-bond acceptors (Lipinski definition) is 10. The Hall–Kier alpha value is -4.96. The lowest BCUT2D eigenvalue weighted by atomic mass is 10.1. The van der Waals surface area contributed by atoms with Gasteiger partial charge in [0.05, 0.1) is 26.4 Å². The van der Waals surface area contributed by atoms with Crippen molar-refractivity contribution in [3.05, 3.63) is 54.1 Å². The number of benzene rings is 2. The van der Waals surface area contributed by atoms with Gasteiger partial charge in [-0.1, -0.05) is 17.8 Å². The van der Waals surface area contributed by atoms with Crippen LogP contribution >= 0.6 is 11.8 Å². The molecule has 0 saturated carbocycles. The van der Waals surface area contributed by atoms with Gasteiger partial charge in [-0.3, -0.25) is 34.2 Å². The monoisotopic (exact) mass is 671 g/mol. The van der Waals surface area contributed by atoms with Gasteiger partial charge in [0.2, 0.25) is 17.7 Å². The third-order valence-electron chi connectivity index (χ3n) is 6.00. The van der Waals surface area contributed by atoms with Crippen LogP contribution < -0.4 is 37.1 Å². The molecule has 47 heavy (non-hydrogen) atoms. The Bertz CT molecular complexity index is 1400. The van der Waals surface area contributed by atoms with Gasteiger partial charge in [-0.2, -0.15) is 0 Å². The van der Waals surface area contributed by atoms with E-state index in [-0.39, 0.29) is 47.8 Å². The molecule has 2 aromatic rings. The van der Waals surface area contributed by atoms with Gasteiger partial charge in [0.25, 0.3) is 5.91 Å². The molecule has 0 aliphatic heterocycles. The SMILES string of the molecule is CC(=O)C[C@H](NC(=O)CNC(=O)c1cccc(NC(=N)N)c1)C(=O)Nc1ccc(OCCCNC(=O)CCOCCSC(C)=O)cc1. The molecule has 1 atom stereocenters. The van der Waals surface area contributed by atoms with E-state index in [0.717, 1.165) is 0 Å². The van der Waals surface area contributed by atoms with E-state index in [1.807, 2.05) is 0 Å². The van der Waals surface area contributed by atoms with Crippen molar-refractivity contribution < 1.29 is 38.2 Å². The number of thioether (sulfide) groups is 1. The Balaban J connectivity index is 1.73. The van der Waals surface area contributed by atoms with Crippen LogP contribution in [0.4, 0.5) is 11.4 Å². The average Bonchev–Trinajstić information content (AvgIpc) is 3.01. The summed E-state index contributed by atoms with van der Waals surface area (Å²) in [6.45, 7) is 3.79. The molecule has 0 fully saturated rings. The van der Waals surface area contributed by atoms with Gasteiger partial charge >= 0.3 is 0 Å². The summed E-state index contributed by atoms with van der Waals surface area (Å²) in [5, 5.41) is 20.3. The molecule has 0 unspecified atom stereocenters. The van der Waals surface area contributed by atoms with E-state index in [4.69, 9.17) is 20.6 Å². The fourth-order valence-electron chi connectivity index (χ4n) is 3.85. The van der Waals surface area contributed by atoms with Crippen LogP contribution in [0.3, 0.4) is 0 Å². The second-order valence-electron chi connectivity index (χ2n) is 10.1. The molecule has 2 aromatic carbocycles. The van der Waals surface area contributed by atoms with Crippen LogP contribution in [0.1, 0.15) is 43.5 Å². The standard InChI is InChI=1S/C31H41N7O8S/c1-20(39)17-26(38-28(42)19-35-29(43)22-5-3-6-24(18-22)37-31(32)33)30(44)36-23-7-9-25(10-8-23)46-13-4-12-34-27(41)11-14-45-15-16-47-21(2)40/h3,5-10,18,26H,4,11-17,19H2,1-2H3,(H,34,41)(H,35,43)(H,36,44)(H,38,42)(H4,32,33,37)/t26-/m0/s1. The Morgan fingerprint density at radius 2 is 1.64 bits per heavy atom. The zero-order valence-corrected chi connectivity index (χ0v) is 27.1. The van der Waals surface area contributed by atoms with Gasteiger partial charge in [0.15, 0.2) is 11.1 Å². The maximum absolute atomic E-state index is 12.9. The number of nitrogens with one attached hydrogen (secondary N) is 6. The number of nitrogens with two attached hydrogens (primary N) is 1. The molecule has 0 saturated heterocycles. The van der Waals surface area contributed by atoms with Crippen molar-refractivity contribution in [3.63, 3.8) is 0 Å². The van der Waals surface area contributed by atoms with Crippen LogP contribution in [-0.2, 0) is 28.7 Å². The van der Waals surface area contributed by atoms with E-state index in [1.54, 1.807) is 36.4 Å². The minimum atomic E-state index is -1.18. The van der Waals surface area contributed by atoms with Crippen LogP contribution in [0.2, 0.25) is 0 Å². The quantitative estimate of drug-likeness (QED) is 0.0604. The number of guanidine groups is 1. The summed E-state index contributed by atoms with van der Waals surface area (Å²) in [5.74, 6) is -1.52. The van der Waals surface area contributed by atoms with Crippen molar-refractivity contribution in [2.24, 2.45) is 5.73 Å². The smallest absolute Gasteiger partial charge is 0.251 e. The van der Waals surface area contributed by atoms with Crippen molar-refractivity contribution in [1.29, 1.82) is 5.41 Å².